The average molecular weight is 317 g/mol. The lowest BCUT2D eigenvalue weighted by atomic mass is 9.95. The number of alkyl halides is 3. The fourth-order valence-electron chi connectivity index (χ4n) is 2.24. The number of hydrogen-bond donors (Lipinski definition) is 2. The van der Waals surface area contributed by atoms with Crippen molar-refractivity contribution in [1.29, 1.82) is 0 Å². The zero-order valence-corrected chi connectivity index (χ0v) is 12.8. The average Bonchev–Trinajstić information content (AvgIpc) is 2.45. The van der Waals surface area contributed by atoms with Crippen LogP contribution in [0.3, 0.4) is 0 Å². The summed E-state index contributed by atoms with van der Waals surface area (Å²) in [6, 6.07) is 4.95. The molecule has 124 valence electrons. The highest BCUT2D eigenvalue weighted by Crippen LogP contribution is 2.31. The number of aliphatic hydroxyl groups is 1. The molecule has 2 unspecified atom stereocenters. The van der Waals surface area contributed by atoms with E-state index in [1.807, 2.05) is 6.92 Å². The van der Waals surface area contributed by atoms with Gasteiger partial charge >= 0.3 is 6.18 Å². The lowest BCUT2D eigenvalue weighted by molar-refractivity contribution is -0.137. The lowest BCUT2D eigenvalue weighted by Crippen LogP contribution is -2.35. The van der Waals surface area contributed by atoms with Crippen LogP contribution in [0.15, 0.2) is 24.3 Å². The largest absolute Gasteiger partial charge is 0.416 e. The number of rotatable bonds is 7. The van der Waals surface area contributed by atoms with Crippen LogP contribution in [0, 0.1) is 0 Å². The molecule has 6 heteroatoms. The molecule has 3 nitrogen and oxygen atoms in total. The highest BCUT2D eigenvalue weighted by molar-refractivity contribution is 5.77. The highest BCUT2D eigenvalue weighted by Gasteiger charge is 2.30. The van der Waals surface area contributed by atoms with Gasteiger partial charge < -0.3 is 10.4 Å². The number of halogens is 3. The molecule has 0 aromatic heterocycles. The molecule has 1 rings (SSSR count). The van der Waals surface area contributed by atoms with Crippen molar-refractivity contribution < 1.29 is 23.1 Å². The minimum absolute atomic E-state index is 0.0119. The summed E-state index contributed by atoms with van der Waals surface area (Å²) in [6.07, 6.45) is -3.10. The van der Waals surface area contributed by atoms with Crippen molar-refractivity contribution in [2.45, 2.75) is 51.2 Å². The van der Waals surface area contributed by atoms with Gasteiger partial charge in [0, 0.05) is 19.1 Å². The van der Waals surface area contributed by atoms with E-state index in [1.165, 1.54) is 6.07 Å². The topological polar surface area (TPSA) is 49.3 Å². The van der Waals surface area contributed by atoms with E-state index in [-0.39, 0.29) is 30.9 Å². The van der Waals surface area contributed by atoms with Gasteiger partial charge in [-0.15, -0.1) is 0 Å². The van der Waals surface area contributed by atoms with Crippen LogP contribution in [-0.2, 0) is 11.0 Å². The molecule has 0 saturated carbocycles. The van der Waals surface area contributed by atoms with Crippen LogP contribution in [0.1, 0.15) is 50.2 Å². The standard InChI is InChI=1S/C16H22F3NO2/c1-3-14(7-8-21)20-15(22)9-11(2)12-5-4-6-13(10-12)16(17,18)19/h4-6,10-11,14,21H,3,7-9H2,1-2H3,(H,20,22). The Bertz CT molecular complexity index is 489. The molecule has 0 heterocycles. The Morgan fingerprint density at radius 3 is 2.59 bits per heavy atom. The van der Waals surface area contributed by atoms with E-state index in [0.717, 1.165) is 12.1 Å². The van der Waals surface area contributed by atoms with Gasteiger partial charge in [0.25, 0.3) is 0 Å². The Hall–Kier alpha value is -1.56. The number of benzene rings is 1. The SMILES string of the molecule is CCC(CCO)NC(=O)CC(C)c1cccc(C(F)(F)F)c1. The first-order valence-corrected chi connectivity index (χ1v) is 7.35. The van der Waals surface area contributed by atoms with Crippen molar-refractivity contribution in [2.75, 3.05) is 6.61 Å². The molecular formula is C16H22F3NO2. The molecule has 0 aliphatic heterocycles. The Kier molecular flexibility index (Phi) is 6.87. The molecule has 0 bridgehead atoms. The molecule has 0 aliphatic carbocycles. The van der Waals surface area contributed by atoms with E-state index >= 15 is 0 Å². The first kappa shape index (κ1) is 18.5. The summed E-state index contributed by atoms with van der Waals surface area (Å²) < 4.78 is 38.1. The lowest BCUT2D eigenvalue weighted by Gasteiger charge is -2.18. The van der Waals surface area contributed by atoms with Crippen LogP contribution in [0.25, 0.3) is 0 Å². The Labute approximate surface area is 128 Å². The molecule has 1 aromatic carbocycles. The molecule has 0 saturated heterocycles. The molecule has 0 aliphatic rings. The Morgan fingerprint density at radius 1 is 1.36 bits per heavy atom. The highest BCUT2D eigenvalue weighted by atomic mass is 19.4. The summed E-state index contributed by atoms with van der Waals surface area (Å²) in [4.78, 5) is 11.9. The maximum Gasteiger partial charge on any atom is 0.416 e. The molecule has 2 atom stereocenters. The van der Waals surface area contributed by atoms with E-state index in [0.29, 0.717) is 18.4 Å². The second-order valence-electron chi connectivity index (χ2n) is 5.41. The maximum atomic E-state index is 12.7. The summed E-state index contributed by atoms with van der Waals surface area (Å²) in [7, 11) is 0. The first-order valence-electron chi connectivity index (χ1n) is 7.35. The number of carbonyl (C=O) groups excluding carboxylic acids is 1. The van der Waals surface area contributed by atoms with Gasteiger partial charge in [-0.1, -0.05) is 32.0 Å². The van der Waals surface area contributed by atoms with Gasteiger partial charge in [0.1, 0.15) is 0 Å². The molecule has 1 aromatic rings. The predicted molar refractivity (Wildman–Crippen MR) is 78.4 cm³/mol. The van der Waals surface area contributed by atoms with Crippen molar-refractivity contribution in [2.24, 2.45) is 0 Å². The zero-order chi connectivity index (χ0) is 16.8. The summed E-state index contributed by atoms with van der Waals surface area (Å²) in [5.41, 5.74) is -0.218. The fraction of sp³-hybridized carbons (Fsp3) is 0.562. The van der Waals surface area contributed by atoms with Crippen LogP contribution >= 0.6 is 0 Å². The monoisotopic (exact) mass is 317 g/mol. The number of amides is 1. The summed E-state index contributed by atoms with van der Waals surface area (Å²) in [6.45, 7) is 3.61. The molecule has 0 radical (unpaired) electrons. The van der Waals surface area contributed by atoms with E-state index < -0.39 is 11.7 Å². The molecule has 22 heavy (non-hydrogen) atoms. The van der Waals surface area contributed by atoms with Gasteiger partial charge in [-0.25, -0.2) is 0 Å². The number of carbonyl (C=O) groups is 1. The summed E-state index contributed by atoms with van der Waals surface area (Å²) in [5.74, 6) is -0.529. The van der Waals surface area contributed by atoms with Gasteiger partial charge in [-0.2, -0.15) is 13.2 Å². The van der Waals surface area contributed by atoms with Crippen LogP contribution in [-0.4, -0.2) is 23.7 Å². The van der Waals surface area contributed by atoms with Gasteiger partial charge in [-0.05, 0) is 30.4 Å². The molecule has 0 spiro atoms. The van der Waals surface area contributed by atoms with Gasteiger partial charge in [0.15, 0.2) is 0 Å². The summed E-state index contributed by atoms with van der Waals surface area (Å²) in [5, 5.41) is 11.7. The van der Waals surface area contributed by atoms with E-state index in [9.17, 15) is 18.0 Å². The molecule has 2 N–H and O–H groups in total. The van der Waals surface area contributed by atoms with Gasteiger partial charge in [0.05, 0.1) is 5.56 Å². The van der Waals surface area contributed by atoms with Crippen LogP contribution in [0.5, 0.6) is 0 Å². The molecule has 0 fully saturated rings. The molecule has 1 amide bonds. The first-order chi connectivity index (χ1) is 10.3. The smallest absolute Gasteiger partial charge is 0.396 e. The van der Waals surface area contributed by atoms with Crippen molar-refractivity contribution in [3.8, 4) is 0 Å². The van der Waals surface area contributed by atoms with Crippen LogP contribution < -0.4 is 5.32 Å². The summed E-state index contributed by atoms with van der Waals surface area (Å²) >= 11 is 0. The van der Waals surface area contributed by atoms with E-state index in [1.54, 1.807) is 13.0 Å². The van der Waals surface area contributed by atoms with Gasteiger partial charge in [0.2, 0.25) is 5.91 Å². The van der Waals surface area contributed by atoms with E-state index in [2.05, 4.69) is 5.32 Å². The normalized spacial score (nSPS) is 14.5. The van der Waals surface area contributed by atoms with Crippen molar-refractivity contribution in [3.05, 3.63) is 35.4 Å². The third-order valence-corrected chi connectivity index (χ3v) is 3.61. The minimum Gasteiger partial charge on any atom is -0.396 e. The van der Waals surface area contributed by atoms with Crippen molar-refractivity contribution >= 4 is 5.91 Å². The quantitative estimate of drug-likeness (QED) is 0.809. The maximum absolute atomic E-state index is 12.7. The van der Waals surface area contributed by atoms with Crippen LogP contribution in [0.2, 0.25) is 0 Å². The number of nitrogens with one attached hydrogen (secondary N) is 1. The van der Waals surface area contributed by atoms with Crippen molar-refractivity contribution in [3.63, 3.8) is 0 Å². The second-order valence-corrected chi connectivity index (χ2v) is 5.41. The number of hydrogen-bond acceptors (Lipinski definition) is 2. The Morgan fingerprint density at radius 2 is 2.05 bits per heavy atom. The third kappa shape index (κ3) is 5.67. The molecular weight excluding hydrogens is 295 g/mol. The zero-order valence-electron chi connectivity index (χ0n) is 12.8. The van der Waals surface area contributed by atoms with E-state index in [4.69, 9.17) is 5.11 Å². The minimum atomic E-state index is -4.38. The predicted octanol–water partition coefficient (Wildman–Crippen LogP) is 3.48. The Balaban J connectivity index is 2.68. The number of aliphatic hydroxyl groups excluding tert-OH is 1. The van der Waals surface area contributed by atoms with Crippen LogP contribution in [0.4, 0.5) is 13.2 Å². The van der Waals surface area contributed by atoms with Crippen molar-refractivity contribution in [1.82, 2.24) is 5.32 Å². The van der Waals surface area contributed by atoms with Gasteiger partial charge in [-0.3, -0.25) is 4.79 Å². The fourth-order valence-corrected chi connectivity index (χ4v) is 2.24. The third-order valence-electron chi connectivity index (χ3n) is 3.61. The second kappa shape index (κ2) is 8.17.